The molecule has 0 aromatic carbocycles. The molecular weight excluding hydrogens is 166 g/mol. The molecule has 0 fully saturated rings. The van der Waals surface area contributed by atoms with Gasteiger partial charge in [0.05, 0.1) is 14.3 Å². The largest absolute Gasteiger partial charge is 0.324 e. The van der Waals surface area contributed by atoms with Crippen molar-refractivity contribution in [3.8, 4) is 0 Å². The van der Waals surface area contributed by atoms with E-state index in [0.29, 0.717) is 12.3 Å². The van der Waals surface area contributed by atoms with Crippen LogP contribution >= 0.6 is 14.3 Å². The third kappa shape index (κ3) is 8.46. The van der Waals surface area contributed by atoms with Gasteiger partial charge in [-0.2, -0.15) is 0 Å². The molecule has 0 N–H and O–H groups in total. The van der Waals surface area contributed by atoms with E-state index in [0.717, 1.165) is 0 Å². The van der Waals surface area contributed by atoms with Gasteiger partial charge in [-0.05, 0) is 26.7 Å². The van der Waals surface area contributed by atoms with Gasteiger partial charge < -0.3 is 9.13 Å². The van der Waals surface area contributed by atoms with Gasteiger partial charge in [-0.3, -0.25) is 0 Å². The summed E-state index contributed by atoms with van der Waals surface area (Å²) in [5.41, 5.74) is 0. The molecule has 0 aromatic heterocycles. The molecule has 0 saturated carbocycles. The van der Waals surface area contributed by atoms with Crippen LogP contribution < -0.4 is 0 Å². The van der Waals surface area contributed by atoms with E-state index in [2.05, 4.69) is 0 Å². The highest BCUT2D eigenvalue weighted by atomic mass is 31.2. The maximum atomic E-state index is 11.1. The monoisotopic (exact) mass is 182 g/mol. The highest BCUT2D eigenvalue weighted by Crippen LogP contribution is 2.43. The van der Waals surface area contributed by atoms with Crippen molar-refractivity contribution in [2.75, 3.05) is 39.0 Å². The Balaban J connectivity index is 3.79. The normalized spacial score (nSPS) is 13.6. The van der Waals surface area contributed by atoms with Crippen LogP contribution in [0.3, 0.4) is 0 Å². The van der Waals surface area contributed by atoms with E-state index in [-0.39, 0.29) is 0 Å². The first kappa shape index (κ1) is 10.5. The van der Waals surface area contributed by atoms with Crippen LogP contribution in [-0.4, -0.2) is 39.0 Å². The standard InChI is InChI=1S/C6H16O2P2/c1-9(2,7)5-6-10(3,4)8/h5-6H2,1-4H3. The molecule has 0 atom stereocenters. The Morgan fingerprint density at radius 3 is 1.10 bits per heavy atom. The van der Waals surface area contributed by atoms with Crippen molar-refractivity contribution in [3.63, 3.8) is 0 Å². The van der Waals surface area contributed by atoms with Crippen molar-refractivity contribution in [3.05, 3.63) is 0 Å². The molecule has 0 radical (unpaired) electrons. The first-order valence-electron chi connectivity index (χ1n) is 3.29. The minimum Gasteiger partial charge on any atom is -0.324 e. The summed E-state index contributed by atoms with van der Waals surface area (Å²) in [5, 5.41) is 0. The molecule has 0 amide bonds. The van der Waals surface area contributed by atoms with E-state index < -0.39 is 14.3 Å². The van der Waals surface area contributed by atoms with Gasteiger partial charge in [0.25, 0.3) is 0 Å². The number of rotatable bonds is 3. The molecule has 0 heterocycles. The van der Waals surface area contributed by atoms with Crippen LogP contribution in [-0.2, 0) is 9.13 Å². The quantitative estimate of drug-likeness (QED) is 0.627. The van der Waals surface area contributed by atoms with Crippen LogP contribution in [0.2, 0.25) is 0 Å². The first-order chi connectivity index (χ1) is 4.21. The number of hydrogen-bond donors (Lipinski definition) is 0. The smallest absolute Gasteiger partial charge is 0.0823 e. The Labute approximate surface area is 63.1 Å². The fourth-order valence-electron chi connectivity index (χ4n) is 0.482. The zero-order chi connectivity index (χ0) is 8.41. The summed E-state index contributed by atoms with van der Waals surface area (Å²) in [6.45, 7) is 6.96. The fraction of sp³-hybridized carbons (Fsp3) is 1.00. The molecule has 2 nitrogen and oxygen atoms in total. The van der Waals surface area contributed by atoms with E-state index in [1.54, 1.807) is 26.7 Å². The molecule has 0 spiro atoms. The SMILES string of the molecule is CP(C)(=O)CCP(C)(C)=O. The van der Waals surface area contributed by atoms with Gasteiger partial charge in [-0.25, -0.2) is 0 Å². The number of hydrogen-bond acceptors (Lipinski definition) is 2. The summed E-state index contributed by atoms with van der Waals surface area (Å²) in [4.78, 5) is 0. The van der Waals surface area contributed by atoms with Crippen molar-refractivity contribution in [1.82, 2.24) is 0 Å². The lowest BCUT2D eigenvalue weighted by Crippen LogP contribution is -1.93. The third-order valence-corrected chi connectivity index (χ3v) is 4.13. The molecule has 0 aliphatic rings. The zero-order valence-electron chi connectivity index (χ0n) is 7.13. The summed E-state index contributed by atoms with van der Waals surface area (Å²) < 4.78 is 22.3. The van der Waals surface area contributed by atoms with E-state index in [4.69, 9.17) is 0 Å². The van der Waals surface area contributed by atoms with E-state index >= 15 is 0 Å². The van der Waals surface area contributed by atoms with Gasteiger partial charge in [0.1, 0.15) is 0 Å². The Hall–Kier alpha value is 0.460. The highest BCUT2D eigenvalue weighted by molar-refractivity contribution is 7.66. The molecule has 10 heavy (non-hydrogen) atoms. The Kier molecular flexibility index (Phi) is 3.39. The van der Waals surface area contributed by atoms with Crippen LogP contribution in [0.1, 0.15) is 0 Å². The summed E-state index contributed by atoms with van der Waals surface area (Å²) in [6, 6.07) is 0. The van der Waals surface area contributed by atoms with Crippen LogP contribution in [0.15, 0.2) is 0 Å². The lowest BCUT2D eigenvalue weighted by molar-refractivity contribution is 0.577. The fourth-order valence-corrected chi connectivity index (χ4v) is 4.33. The molecule has 0 saturated heterocycles. The molecule has 0 unspecified atom stereocenters. The molecule has 62 valence electrons. The van der Waals surface area contributed by atoms with E-state index in [1.807, 2.05) is 0 Å². The minimum atomic E-state index is -1.93. The van der Waals surface area contributed by atoms with Crippen molar-refractivity contribution in [2.24, 2.45) is 0 Å². The first-order valence-corrected chi connectivity index (χ1v) is 8.86. The van der Waals surface area contributed by atoms with Gasteiger partial charge >= 0.3 is 0 Å². The predicted molar refractivity (Wildman–Crippen MR) is 48.6 cm³/mol. The molecule has 0 aliphatic carbocycles. The topological polar surface area (TPSA) is 34.1 Å². The van der Waals surface area contributed by atoms with E-state index in [1.165, 1.54) is 0 Å². The molecular formula is C6H16O2P2. The molecule has 4 heteroatoms. The van der Waals surface area contributed by atoms with Crippen molar-refractivity contribution in [1.29, 1.82) is 0 Å². The highest BCUT2D eigenvalue weighted by Gasteiger charge is 2.13. The summed E-state index contributed by atoms with van der Waals surface area (Å²) in [6.07, 6.45) is 1.24. The lowest BCUT2D eigenvalue weighted by atomic mass is 11.0. The molecule has 0 aromatic rings. The molecule has 0 rings (SSSR count). The lowest BCUT2D eigenvalue weighted by Gasteiger charge is -2.08. The van der Waals surface area contributed by atoms with Gasteiger partial charge in [0, 0.05) is 12.3 Å². The van der Waals surface area contributed by atoms with Gasteiger partial charge in [-0.15, -0.1) is 0 Å². The average Bonchev–Trinajstić information content (AvgIpc) is 1.57. The summed E-state index contributed by atoms with van der Waals surface area (Å²) >= 11 is 0. The summed E-state index contributed by atoms with van der Waals surface area (Å²) in [7, 11) is -3.87. The predicted octanol–water partition coefficient (Wildman–Crippen LogP) is 2.23. The average molecular weight is 182 g/mol. The molecule has 0 bridgehead atoms. The second-order valence-corrected chi connectivity index (χ2v) is 10.8. The van der Waals surface area contributed by atoms with Crippen molar-refractivity contribution >= 4 is 14.3 Å². The zero-order valence-corrected chi connectivity index (χ0v) is 8.91. The van der Waals surface area contributed by atoms with Crippen LogP contribution in [0.25, 0.3) is 0 Å². The maximum absolute atomic E-state index is 11.1. The third-order valence-electron chi connectivity index (χ3n) is 1.18. The maximum Gasteiger partial charge on any atom is 0.0823 e. The van der Waals surface area contributed by atoms with Crippen LogP contribution in [0.4, 0.5) is 0 Å². The van der Waals surface area contributed by atoms with Crippen molar-refractivity contribution < 1.29 is 9.13 Å². The second-order valence-electron chi connectivity index (χ2n) is 3.60. The minimum absolute atomic E-state index is 0.622. The summed E-state index contributed by atoms with van der Waals surface area (Å²) in [5.74, 6) is 0. The Morgan fingerprint density at radius 1 is 0.800 bits per heavy atom. The van der Waals surface area contributed by atoms with Gasteiger partial charge in [0.2, 0.25) is 0 Å². The second kappa shape index (κ2) is 3.24. The van der Waals surface area contributed by atoms with Gasteiger partial charge in [0.15, 0.2) is 0 Å². The van der Waals surface area contributed by atoms with Gasteiger partial charge in [-0.1, -0.05) is 0 Å². The van der Waals surface area contributed by atoms with Crippen LogP contribution in [0.5, 0.6) is 0 Å². The Morgan fingerprint density at radius 2 is 1.00 bits per heavy atom. The molecule has 0 aliphatic heterocycles. The Bertz CT molecular complexity index is 164. The van der Waals surface area contributed by atoms with Crippen LogP contribution in [0, 0.1) is 0 Å². The van der Waals surface area contributed by atoms with E-state index in [9.17, 15) is 9.13 Å². The van der Waals surface area contributed by atoms with Crippen molar-refractivity contribution in [2.45, 2.75) is 0 Å².